The quantitative estimate of drug-likeness (QED) is 0.253. The van der Waals surface area contributed by atoms with Gasteiger partial charge in [-0.05, 0) is 59.7 Å². The van der Waals surface area contributed by atoms with E-state index in [1.54, 1.807) is 24.7 Å². The zero-order valence-corrected chi connectivity index (χ0v) is 18.8. The molecule has 6 heteroatoms. The van der Waals surface area contributed by atoms with Gasteiger partial charge < -0.3 is 4.74 Å². The van der Waals surface area contributed by atoms with Gasteiger partial charge in [-0.2, -0.15) is 5.10 Å². The molecule has 3 aromatic carbocycles. The highest BCUT2D eigenvalue weighted by molar-refractivity contribution is 6.07. The van der Waals surface area contributed by atoms with Crippen molar-refractivity contribution in [2.24, 2.45) is 5.10 Å². The van der Waals surface area contributed by atoms with Crippen molar-refractivity contribution in [2.75, 3.05) is 0 Å². The normalized spacial score (nSPS) is 11.0. The SMILES string of the molecule is O=C(NN=Cc1ccc(OCc2ccccc2)cc1)c1cc(-c2cccnc2)nc2ccccc12. The third-order valence-corrected chi connectivity index (χ3v) is 5.43. The second-order valence-corrected chi connectivity index (χ2v) is 7.86. The molecule has 0 aliphatic rings. The number of para-hydroxylation sites is 1. The summed E-state index contributed by atoms with van der Waals surface area (Å²) in [7, 11) is 0. The number of ether oxygens (including phenoxy) is 1. The Bertz CT molecular complexity index is 1470. The average molecular weight is 459 g/mol. The molecule has 2 aromatic heterocycles. The third-order valence-electron chi connectivity index (χ3n) is 5.43. The van der Waals surface area contributed by atoms with Crippen LogP contribution in [0.5, 0.6) is 5.75 Å². The zero-order valence-electron chi connectivity index (χ0n) is 18.8. The Kier molecular flexibility index (Phi) is 6.53. The molecule has 0 radical (unpaired) electrons. The van der Waals surface area contributed by atoms with Crippen LogP contribution in [0.25, 0.3) is 22.2 Å². The van der Waals surface area contributed by atoms with E-state index in [4.69, 9.17) is 4.74 Å². The summed E-state index contributed by atoms with van der Waals surface area (Å²) in [6.07, 6.45) is 5.03. The van der Waals surface area contributed by atoms with Gasteiger partial charge in [-0.3, -0.25) is 9.78 Å². The number of amides is 1. The number of carbonyl (C=O) groups excluding carboxylic acids is 1. The summed E-state index contributed by atoms with van der Waals surface area (Å²) in [6.45, 7) is 0.505. The molecule has 2 heterocycles. The Labute approximate surface area is 203 Å². The van der Waals surface area contributed by atoms with E-state index in [9.17, 15) is 4.79 Å². The minimum atomic E-state index is -0.312. The van der Waals surface area contributed by atoms with Crippen LogP contribution in [0.15, 0.2) is 115 Å². The highest BCUT2D eigenvalue weighted by atomic mass is 16.5. The van der Waals surface area contributed by atoms with Crippen molar-refractivity contribution in [3.63, 3.8) is 0 Å². The van der Waals surface area contributed by atoms with E-state index in [0.717, 1.165) is 33.3 Å². The van der Waals surface area contributed by atoms with Crippen LogP contribution >= 0.6 is 0 Å². The molecule has 5 rings (SSSR count). The number of fused-ring (bicyclic) bond motifs is 1. The fourth-order valence-corrected chi connectivity index (χ4v) is 3.64. The zero-order chi connectivity index (χ0) is 23.9. The van der Waals surface area contributed by atoms with Gasteiger partial charge in [0.25, 0.3) is 5.91 Å². The second-order valence-electron chi connectivity index (χ2n) is 7.86. The summed E-state index contributed by atoms with van der Waals surface area (Å²) >= 11 is 0. The maximum Gasteiger partial charge on any atom is 0.272 e. The highest BCUT2D eigenvalue weighted by Gasteiger charge is 2.13. The molecule has 0 atom stereocenters. The predicted molar refractivity (Wildman–Crippen MR) is 137 cm³/mol. The molecule has 1 amide bonds. The van der Waals surface area contributed by atoms with Gasteiger partial charge in [0.2, 0.25) is 0 Å². The topological polar surface area (TPSA) is 76.5 Å². The van der Waals surface area contributed by atoms with E-state index in [1.807, 2.05) is 91.0 Å². The Morgan fingerprint density at radius 1 is 0.914 bits per heavy atom. The van der Waals surface area contributed by atoms with Crippen molar-refractivity contribution in [1.82, 2.24) is 15.4 Å². The van der Waals surface area contributed by atoms with E-state index < -0.39 is 0 Å². The van der Waals surface area contributed by atoms with Crippen LogP contribution in [0, 0.1) is 0 Å². The number of benzene rings is 3. The van der Waals surface area contributed by atoms with Crippen LogP contribution in [-0.2, 0) is 6.61 Å². The first-order chi connectivity index (χ1) is 17.3. The third kappa shape index (κ3) is 5.39. The van der Waals surface area contributed by atoms with Crippen LogP contribution < -0.4 is 10.2 Å². The molecule has 0 aliphatic heterocycles. The molecule has 0 unspecified atom stereocenters. The summed E-state index contributed by atoms with van der Waals surface area (Å²) in [5.41, 5.74) is 7.33. The molecule has 0 saturated heterocycles. The summed E-state index contributed by atoms with van der Waals surface area (Å²) in [4.78, 5) is 21.9. The number of hydrogen-bond donors (Lipinski definition) is 1. The standard InChI is InChI=1S/C29H22N4O2/c34-29(26-17-28(23-9-6-16-30-19-23)32-27-11-5-4-10-25(26)27)33-31-18-21-12-14-24(15-13-21)35-20-22-7-2-1-3-8-22/h1-19H,20H2,(H,33,34). The first-order valence-electron chi connectivity index (χ1n) is 11.2. The van der Waals surface area contributed by atoms with E-state index in [0.29, 0.717) is 17.9 Å². The lowest BCUT2D eigenvalue weighted by Crippen LogP contribution is -2.18. The second kappa shape index (κ2) is 10.4. The first-order valence-corrected chi connectivity index (χ1v) is 11.2. The first kappa shape index (κ1) is 22.0. The van der Waals surface area contributed by atoms with Gasteiger partial charge in [0.05, 0.1) is 23.0 Å². The van der Waals surface area contributed by atoms with Crippen molar-refractivity contribution in [1.29, 1.82) is 0 Å². The van der Waals surface area contributed by atoms with Gasteiger partial charge in [0, 0.05) is 23.3 Å². The van der Waals surface area contributed by atoms with E-state index in [1.165, 1.54) is 0 Å². The lowest BCUT2D eigenvalue weighted by atomic mass is 10.0. The molecule has 1 N–H and O–H groups in total. The molecule has 0 aliphatic carbocycles. The fourth-order valence-electron chi connectivity index (χ4n) is 3.64. The molecule has 5 aromatic rings. The highest BCUT2D eigenvalue weighted by Crippen LogP contribution is 2.24. The number of aromatic nitrogens is 2. The van der Waals surface area contributed by atoms with Crippen molar-refractivity contribution in [3.8, 4) is 17.0 Å². The van der Waals surface area contributed by atoms with Gasteiger partial charge in [-0.15, -0.1) is 0 Å². The number of carbonyl (C=O) groups is 1. The summed E-state index contributed by atoms with van der Waals surface area (Å²) in [5.74, 6) is 0.453. The minimum absolute atomic E-state index is 0.312. The number of nitrogens with one attached hydrogen (secondary N) is 1. The smallest absolute Gasteiger partial charge is 0.272 e. The fraction of sp³-hybridized carbons (Fsp3) is 0.0345. The largest absolute Gasteiger partial charge is 0.489 e. The average Bonchev–Trinajstić information content (AvgIpc) is 2.93. The molecular formula is C29H22N4O2. The van der Waals surface area contributed by atoms with Crippen LogP contribution in [0.4, 0.5) is 0 Å². The molecule has 170 valence electrons. The van der Waals surface area contributed by atoms with Crippen LogP contribution in [0.3, 0.4) is 0 Å². The molecule has 6 nitrogen and oxygen atoms in total. The number of rotatable bonds is 7. The number of hydrogen-bond acceptors (Lipinski definition) is 5. The lowest BCUT2D eigenvalue weighted by Gasteiger charge is -2.09. The van der Waals surface area contributed by atoms with Crippen LogP contribution in [0.2, 0.25) is 0 Å². The Morgan fingerprint density at radius 3 is 2.51 bits per heavy atom. The van der Waals surface area contributed by atoms with Crippen molar-refractivity contribution >= 4 is 23.0 Å². The van der Waals surface area contributed by atoms with Crippen molar-refractivity contribution in [2.45, 2.75) is 6.61 Å². The van der Waals surface area contributed by atoms with Crippen molar-refractivity contribution < 1.29 is 9.53 Å². The summed E-state index contributed by atoms with van der Waals surface area (Å²) < 4.78 is 5.81. The van der Waals surface area contributed by atoms with Gasteiger partial charge in [0.15, 0.2) is 0 Å². The summed E-state index contributed by atoms with van der Waals surface area (Å²) in [6, 6.07) is 30.6. The molecule has 0 bridgehead atoms. The lowest BCUT2D eigenvalue weighted by molar-refractivity contribution is 0.0956. The summed E-state index contributed by atoms with van der Waals surface area (Å²) in [5, 5.41) is 4.91. The number of hydrazone groups is 1. The van der Waals surface area contributed by atoms with Gasteiger partial charge in [0.1, 0.15) is 12.4 Å². The molecule has 0 saturated carbocycles. The van der Waals surface area contributed by atoms with Gasteiger partial charge in [-0.25, -0.2) is 10.4 Å². The van der Waals surface area contributed by atoms with Gasteiger partial charge in [-0.1, -0.05) is 48.5 Å². The van der Waals surface area contributed by atoms with Crippen LogP contribution in [0.1, 0.15) is 21.5 Å². The minimum Gasteiger partial charge on any atom is -0.489 e. The monoisotopic (exact) mass is 458 g/mol. The Balaban J connectivity index is 1.28. The number of pyridine rings is 2. The Hall–Kier alpha value is -4.84. The van der Waals surface area contributed by atoms with E-state index in [-0.39, 0.29) is 5.91 Å². The number of nitrogens with zero attached hydrogens (tertiary/aromatic N) is 3. The van der Waals surface area contributed by atoms with E-state index in [2.05, 4.69) is 20.5 Å². The molecule has 0 spiro atoms. The maximum absolute atomic E-state index is 13.0. The van der Waals surface area contributed by atoms with Crippen LogP contribution in [-0.4, -0.2) is 22.1 Å². The molecular weight excluding hydrogens is 436 g/mol. The maximum atomic E-state index is 13.0. The predicted octanol–water partition coefficient (Wildman–Crippen LogP) is 5.64. The van der Waals surface area contributed by atoms with E-state index >= 15 is 0 Å². The molecule has 35 heavy (non-hydrogen) atoms. The van der Waals surface area contributed by atoms with Crippen molar-refractivity contribution in [3.05, 3.63) is 126 Å². The molecule has 0 fully saturated rings. The van der Waals surface area contributed by atoms with Gasteiger partial charge >= 0.3 is 0 Å². The Morgan fingerprint density at radius 2 is 1.71 bits per heavy atom.